The van der Waals surface area contributed by atoms with E-state index in [1.54, 1.807) is 6.08 Å². The number of nitrogens with zero attached hydrogens (tertiary/aromatic N) is 6. The van der Waals surface area contributed by atoms with Gasteiger partial charge in [0.1, 0.15) is 0 Å². The zero-order valence-corrected chi connectivity index (χ0v) is 18.0. The molecule has 3 heterocycles. The van der Waals surface area contributed by atoms with Crippen LogP contribution < -0.4 is 5.32 Å². The van der Waals surface area contributed by atoms with Gasteiger partial charge >= 0.3 is 0 Å². The van der Waals surface area contributed by atoms with Crippen LogP contribution in [0.5, 0.6) is 0 Å². The largest absolute Gasteiger partial charge is 0.378 e. The fraction of sp³-hybridized carbons (Fsp3) is 0.250. The topological polar surface area (TPSA) is 84.3 Å². The van der Waals surface area contributed by atoms with Crippen LogP contribution >= 0.6 is 0 Å². The summed E-state index contributed by atoms with van der Waals surface area (Å²) < 4.78 is 3.80. The molecular weight excluding hydrogens is 386 g/mol. The maximum absolute atomic E-state index is 8.99. The number of aromatic nitrogens is 5. The predicted molar refractivity (Wildman–Crippen MR) is 121 cm³/mol. The van der Waals surface area contributed by atoms with Gasteiger partial charge < -0.3 is 5.32 Å². The van der Waals surface area contributed by atoms with Crippen molar-refractivity contribution in [3.05, 3.63) is 77.9 Å². The van der Waals surface area contributed by atoms with Crippen LogP contribution in [-0.4, -0.2) is 24.8 Å². The molecule has 1 N–H and O–H groups in total. The highest BCUT2D eigenvalue weighted by Crippen LogP contribution is 2.38. The van der Waals surface area contributed by atoms with Gasteiger partial charge in [-0.25, -0.2) is 4.68 Å². The first-order valence-corrected chi connectivity index (χ1v) is 10.2. The molecule has 0 amide bonds. The van der Waals surface area contributed by atoms with Crippen molar-refractivity contribution in [1.82, 2.24) is 30.1 Å². The summed E-state index contributed by atoms with van der Waals surface area (Å²) in [6.07, 6.45) is 10.4. The van der Waals surface area contributed by atoms with E-state index in [0.29, 0.717) is 5.57 Å². The van der Waals surface area contributed by atoms with Gasteiger partial charge in [-0.1, -0.05) is 30.0 Å². The minimum atomic E-state index is 0.0684. The van der Waals surface area contributed by atoms with Crippen LogP contribution in [0.4, 0.5) is 0 Å². The lowest BCUT2D eigenvalue weighted by Crippen LogP contribution is -2.21. The highest BCUT2D eigenvalue weighted by molar-refractivity contribution is 5.73. The third-order valence-corrected chi connectivity index (χ3v) is 5.51. The van der Waals surface area contributed by atoms with E-state index in [-0.39, 0.29) is 6.04 Å². The Bertz CT molecular complexity index is 1230. The van der Waals surface area contributed by atoms with Crippen molar-refractivity contribution in [2.24, 2.45) is 7.05 Å². The third kappa shape index (κ3) is 4.05. The second kappa shape index (κ2) is 8.44. The number of allylic oxidation sites excluding steroid dienone is 4. The average Bonchev–Trinajstić information content (AvgIpc) is 3.33. The maximum atomic E-state index is 8.99. The van der Waals surface area contributed by atoms with Gasteiger partial charge in [-0.2, -0.15) is 10.4 Å². The molecule has 0 saturated heterocycles. The van der Waals surface area contributed by atoms with E-state index >= 15 is 0 Å². The Balaban J connectivity index is 1.78. The van der Waals surface area contributed by atoms with Crippen molar-refractivity contribution < 1.29 is 0 Å². The fourth-order valence-electron chi connectivity index (χ4n) is 3.92. The van der Waals surface area contributed by atoms with Crippen LogP contribution in [0.2, 0.25) is 0 Å². The molecule has 1 unspecified atom stereocenters. The van der Waals surface area contributed by atoms with Gasteiger partial charge in [0, 0.05) is 42.2 Å². The Hall–Kier alpha value is -3.92. The zero-order valence-electron chi connectivity index (χ0n) is 18.0. The lowest BCUT2D eigenvalue weighted by molar-refractivity contribution is 0.485. The van der Waals surface area contributed by atoms with Gasteiger partial charge in [0.2, 0.25) is 0 Å². The SMILES string of the molecule is C=C(C#N)/C=C\C(=C/C)NC1CCn2nnc(C)c2-c2ccc(-c3cnn(C)c3)cc21. The van der Waals surface area contributed by atoms with Crippen molar-refractivity contribution in [1.29, 1.82) is 5.26 Å². The first kappa shape index (κ1) is 20.4. The molecule has 3 aromatic rings. The Morgan fingerprint density at radius 1 is 1.32 bits per heavy atom. The highest BCUT2D eigenvalue weighted by Gasteiger charge is 2.26. The van der Waals surface area contributed by atoms with E-state index in [0.717, 1.165) is 46.7 Å². The normalized spacial score (nSPS) is 15.8. The van der Waals surface area contributed by atoms with Crippen molar-refractivity contribution in [2.75, 3.05) is 0 Å². The summed E-state index contributed by atoms with van der Waals surface area (Å²) in [5.41, 5.74) is 7.86. The highest BCUT2D eigenvalue weighted by atomic mass is 15.4. The van der Waals surface area contributed by atoms with Crippen molar-refractivity contribution in [3.63, 3.8) is 0 Å². The number of rotatable bonds is 5. The van der Waals surface area contributed by atoms with Gasteiger partial charge in [-0.3, -0.25) is 4.68 Å². The van der Waals surface area contributed by atoms with Crippen LogP contribution in [0.15, 0.2) is 66.7 Å². The molecule has 0 bridgehead atoms. The summed E-state index contributed by atoms with van der Waals surface area (Å²) in [6, 6.07) is 8.64. The van der Waals surface area contributed by atoms with E-state index in [1.807, 2.05) is 54.8 Å². The molecule has 0 radical (unpaired) electrons. The van der Waals surface area contributed by atoms with Crippen LogP contribution in [0.25, 0.3) is 22.4 Å². The number of hydrogen-bond donors (Lipinski definition) is 1. The van der Waals surface area contributed by atoms with Crippen LogP contribution in [0, 0.1) is 18.3 Å². The summed E-state index contributed by atoms with van der Waals surface area (Å²) in [4.78, 5) is 0. The van der Waals surface area contributed by atoms with Crippen molar-refractivity contribution in [2.45, 2.75) is 32.9 Å². The molecule has 1 aliphatic heterocycles. The molecular formula is C24H25N7. The molecule has 31 heavy (non-hydrogen) atoms. The molecule has 2 aromatic heterocycles. The fourth-order valence-corrected chi connectivity index (χ4v) is 3.92. The van der Waals surface area contributed by atoms with E-state index in [1.165, 1.54) is 5.56 Å². The standard InChI is InChI=1S/C24H25N7/c1-5-20(8-6-16(2)13-25)27-23-10-11-31-24(17(3)28-29-31)21-9-7-18(12-22(21)23)19-14-26-30(4)15-19/h5-9,12,14-15,23,27H,2,10-11H2,1,3-4H3/b8-6-,20-5+. The zero-order chi connectivity index (χ0) is 22.0. The number of fused-ring (bicyclic) bond motifs is 3. The summed E-state index contributed by atoms with van der Waals surface area (Å²) in [5.74, 6) is 0. The first-order chi connectivity index (χ1) is 15.0. The van der Waals surface area contributed by atoms with Crippen LogP contribution in [0.1, 0.15) is 30.6 Å². The van der Waals surface area contributed by atoms with E-state index < -0.39 is 0 Å². The second-order valence-corrected chi connectivity index (χ2v) is 7.65. The molecule has 4 rings (SSSR count). The molecule has 1 aliphatic rings. The van der Waals surface area contributed by atoms with Gasteiger partial charge in [-0.05, 0) is 49.6 Å². The quantitative estimate of drug-likeness (QED) is 0.502. The minimum Gasteiger partial charge on any atom is -0.378 e. The Morgan fingerprint density at radius 3 is 2.87 bits per heavy atom. The van der Waals surface area contributed by atoms with E-state index in [4.69, 9.17) is 5.26 Å². The average molecular weight is 412 g/mol. The van der Waals surface area contributed by atoms with Gasteiger partial charge in [0.25, 0.3) is 0 Å². The Morgan fingerprint density at radius 2 is 2.16 bits per heavy atom. The number of benzene rings is 1. The van der Waals surface area contributed by atoms with Gasteiger partial charge in [0.05, 0.1) is 29.7 Å². The monoisotopic (exact) mass is 411 g/mol. The molecule has 156 valence electrons. The summed E-state index contributed by atoms with van der Waals surface area (Å²) >= 11 is 0. The van der Waals surface area contributed by atoms with Crippen LogP contribution in [-0.2, 0) is 13.6 Å². The minimum absolute atomic E-state index is 0.0684. The van der Waals surface area contributed by atoms with E-state index in [2.05, 4.69) is 51.6 Å². The summed E-state index contributed by atoms with van der Waals surface area (Å²) in [7, 11) is 1.92. The molecule has 7 nitrogen and oxygen atoms in total. The Labute approximate surface area is 182 Å². The predicted octanol–water partition coefficient (Wildman–Crippen LogP) is 4.23. The molecule has 7 heteroatoms. The molecule has 0 saturated carbocycles. The molecule has 0 fully saturated rings. The molecule has 0 spiro atoms. The van der Waals surface area contributed by atoms with Gasteiger partial charge in [0.15, 0.2) is 0 Å². The number of nitriles is 1. The number of nitrogens with one attached hydrogen (secondary N) is 1. The molecule has 1 aromatic carbocycles. The number of hydrogen-bond acceptors (Lipinski definition) is 5. The lowest BCUT2D eigenvalue weighted by Gasteiger charge is -2.22. The molecule has 1 atom stereocenters. The number of aryl methyl sites for hydroxylation is 3. The Kier molecular flexibility index (Phi) is 5.54. The van der Waals surface area contributed by atoms with Crippen molar-refractivity contribution in [3.8, 4) is 28.5 Å². The summed E-state index contributed by atoms with van der Waals surface area (Å²) in [6.45, 7) is 8.46. The molecule has 0 aliphatic carbocycles. The second-order valence-electron chi connectivity index (χ2n) is 7.65. The van der Waals surface area contributed by atoms with Crippen LogP contribution in [0.3, 0.4) is 0 Å². The first-order valence-electron chi connectivity index (χ1n) is 10.2. The maximum Gasteiger partial charge on any atom is 0.0985 e. The van der Waals surface area contributed by atoms with E-state index in [9.17, 15) is 0 Å². The van der Waals surface area contributed by atoms with Gasteiger partial charge in [-0.15, -0.1) is 5.10 Å². The summed E-state index contributed by atoms with van der Waals surface area (Å²) in [5, 5.41) is 25.6. The smallest absolute Gasteiger partial charge is 0.0985 e. The lowest BCUT2D eigenvalue weighted by atomic mass is 9.93. The van der Waals surface area contributed by atoms with Crippen molar-refractivity contribution >= 4 is 0 Å². The third-order valence-electron chi connectivity index (χ3n) is 5.51.